The van der Waals surface area contributed by atoms with Crippen LogP contribution in [0.2, 0.25) is 0 Å². The van der Waals surface area contributed by atoms with Gasteiger partial charge in [-0.2, -0.15) is 0 Å². The molecular formula is C30H26ClNO12. The molecule has 3 heterocycles. The van der Waals surface area contributed by atoms with Crippen LogP contribution in [0.15, 0.2) is 36.4 Å². The number of esters is 3. The van der Waals surface area contributed by atoms with Gasteiger partial charge in [-0.3, -0.25) is 28.9 Å². The number of alkyl halides is 1. The fourth-order valence-electron chi connectivity index (χ4n) is 6.04. The molecule has 2 amide bonds. The molecule has 0 spiro atoms. The molecule has 2 aromatic carbocycles. The number of hydrogen-bond acceptors (Lipinski definition) is 12. The van der Waals surface area contributed by atoms with Crippen LogP contribution in [0.4, 0.5) is 0 Å². The van der Waals surface area contributed by atoms with Crippen molar-refractivity contribution in [3.8, 4) is 28.7 Å². The van der Waals surface area contributed by atoms with E-state index in [1.807, 2.05) is 0 Å². The first kappa shape index (κ1) is 29.3. The third kappa shape index (κ3) is 5.06. The number of rotatable bonds is 9. The molecule has 0 saturated carbocycles. The van der Waals surface area contributed by atoms with Crippen molar-refractivity contribution in [1.29, 1.82) is 0 Å². The minimum Gasteiger partial charge on any atom is -0.493 e. The van der Waals surface area contributed by atoms with Crippen LogP contribution in [-0.2, 0) is 33.4 Å². The Kier molecular flexibility index (Phi) is 7.80. The number of nitrogens with zero attached hydrogens (tertiary/aromatic N) is 1. The highest BCUT2D eigenvalue weighted by molar-refractivity contribution is 6.26. The lowest BCUT2D eigenvalue weighted by Crippen LogP contribution is -2.37. The van der Waals surface area contributed by atoms with E-state index in [1.165, 1.54) is 14.2 Å². The summed E-state index contributed by atoms with van der Waals surface area (Å²) in [5.41, 5.74) is 1.75. The van der Waals surface area contributed by atoms with E-state index in [0.29, 0.717) is 28.2 Å². The minimum atomic E-state index is -0.921. The number of halogens is 1. The van der Waals surface area contributed by atoms with Crippen molar-refractivity contribution in [3.63, 3.8) is 0 Å². The predicted octanol–water partition coefficient (Wildman–Crippen LogP) is 2.41. The summed E-state index contributed by atoms with van der Waals surface area (Å²) in [6, 6.07) is 6.71. The van der Waals surface area contributed by atoms with Gasteiger partial charge in [0.1, 0.15) is 12.0 Å². The Morgan fingerprint density at radius 1 is 0.909 bits per heavy atom. The van der Waals surface area contributed by atoms with Gasteiger partial charge in [-0.1, -0.05) is 0 Å². The van der Waals surface area contributed by atoms with Crippen LogP contribution in [0.3, 0.4) is 0 Å². The maximum Gasteiger partial charge on any atom is 0.326 e. The van der Waals surface area contributed by atoms with Crippen molar-refractivity contribution in [1.82, 2.24) is 4.90 Å². The number of carbonyl (C=O) groups is 5. The molecule has 230 valence electrons. The molecule has 14 heteroatoms. The number of carbonyl (C=O) groups excluding carboxylic acids is 5. The number of ether oxygens (including phenoxy) is 7. The van der Waals surface area contributed by atoms with Gasteiger partial charge in [0.15, 0.2) is 23.0 Å². The number of methoxy groups -OCH3 is 2. The highest BCUT2D eigenvalue weighted by Crippen LogP contribution is 2.56. The molecule has 0 radical (unpaired) electrons. The Hall–Kier alpha value is -4.78. The Balaban J connectivity index is 1.40. The van der Waals surface area contributed by atoms with Crippen molar-refractivity contribution in [2.24, 2.45) is 11.8 Å². The predicted molar refractivity (Wildman–Crippen MR) is 148 cm³/mol. The Bertz CT molecular complexity index is 1560. The first-order valence-corrected chi connectivity index (χ1v) is 14.1. The summed E-state index contributed by atoms with van der Waals surface area (Å²) >= 11 is 5.64. The van der Waals surface area contributed by atoms with Gasteiger partial charge in [0.25, 0.3) is 11.8 Å². The van der Waals surface area contributed by atoms with Gasteiger partial charge < -0.3 is 33.2 Å². The maximum absolute atomic E-state index is 13.3. The number of benzene rings is 2. The van der Waals surface area contributed by atoms with E-state index in [-0.39, 0.29) is 43.6 Å². The van der Waals surface area contributed by atoms with E-state index >= 15 is 0 Å². The molecule has 44 heavy (non-hydrogen) atoms. The van der Waals surface area contributed by atoms with Gasteiger partial charge >= 0.3 is 17.9 Å². The maximum atomic E-state index is 13.3. The summed E-state index contributed by atoms with van der Waals surface area (Å²) in [7, 11) is 2.79. The lowest BCUT2D eigenvalue weighted by Gasteiger charge is -2.38. The molecule has 4 aliphatic rings. The number of imide groups is 1. The number of cyclic esters (lactones) is 1. The van der Waals surface area contributed by atoms with Crippen molar-refractivity contribution in [2.75, 3.05) is 40.0 Å². The molecule has 2 aromatic rings. The summed E-state index contributed by atoms with van der Waals surface area (Å²) in [4.78, 5) is 63.3. The van der Waals surface area contributed by atoms with Gasteiger partial charge in [-0.15, -0.1) is 11.6 Å². The summed E-state index contributed by atoms with van der Waals surface area (Å²) in [6.45, 7) is -0.203. The fourth-order valence-corrected chi connectivity index (χ4v) is 6.09. The number of hydrogen-bond donors (Lipinski definition) is 0. The smallest absolute Gasteiger partial charge is 0.326 e. The third-order valence-corrected chi connectivity index (χ3v) is 8.20. The molecule has 3 aliphatic heterocycles. The third-order valence-electron chi connectivity index (χ3n) is 7.98. The van der Waals surface area contributed by atoms with Gasteiger partial charge in [-0.05, 0) is 35.4 Å². The van der Waals surface area contributed by atoms with Crippen LogP contribution in [0.1, 0.15) is 35.1 Å². The standard InChI is InChI=1S/C30H26ClNO12/c1-38-20-7-14(8-21(39-2)29(20)44-25(36)11-31)26-15-9-18-19(42-13-41-18)10-16(15)28(17-12-40-30(37)27(17)26)43-24(35)5-6-32-22(33)3-4-23(32)34/h3-4,7-10,17,26-28H,5-6,11-13H2,1-2H3/t17-,26+,27-,28+/m0/s1. The molecule has 1 aliphatic carbocycles. The SMILES string of the molecule is COc1cc([C@@H]2c3cc4c(cc3[C@@H](OC(=O)CCN3C(=O)C=CC3=O)[C@H]3COC(=O)[C@H]23)OCO4)cc(OC)c1OC(=O)CCl. The average Bonchev–Trinajstić information content (AvgIpc) is 3.73. The van der Waals surface area contributed by atoms with E-state index in [4.69, 9.17) is 44.8 Å². The second-order valence-electron chi connectivity index (χ2n) is 10.3. The Morgan fingerprint density at radius 2 is 1.55 bits per heavy atom. The van der Waals surface area contributed by atoms with E-state index in [1.54, 1.807) is 24.3 Å². The summed E-state index contributed by atoms with van der Waals surface area (Å²) in [6.07, 6.45) is 1.11. The molecule has 1 saturated heterocycles. The van der Waals surface area contributed by atoms with E-state index < -0.39 is 59.5 Å². The first-order valence-electron chi connectivity index (χ1n) is 13.6. The Morgan fingerprint density at radius 3 is 2.16 bits per heavy atom. The second kappa shape index (κ2) is 11.7. The monoisotopic (exact) mass is 627 g/mol. The van der Waals surface area contributed by atoms with Gasteiger partial charge in [-0.25, -0.2) is 0 Å². The van der Waals surface area contributed by atoms with Crippen molar-refractivity contribution in [2.45, 2.75) is 18.4 Å². The number of amides is 2. The Labute approximate surface area is 255 Å². The fraction of sp³-hybridized carbons (Fsp3) is 0.367. The molecule has 0 N–H and O–H groups in total. The van der Waals surface area contributed by atoms with Gasteiger partial charge in [0.05, 0.1) is 33.2 Å². The van der Waals surface area contributed by atoms with Crippen LogP contribution >= 0.6 is 11.6 Å². The molecule has 13 nitrogen and oxygen atoms in total. The first-order chi connectivity index (χ1) is 21.2. The molecule has 0 unspecified atom stereocenters. The highest BCUT2D eigenvalue weighted by Gasteiger charge is 2.54. The quantitative estimate of drug-likeness (QED) is 0.174. The van der Waals surface area contributed by atoms with Crippen LogP contribution < -0.4 is 23.7 Å². The van der Waals surface area contributed by atoms with Gasteiger partial charge in [0.2, 0.25) is 12.5 Å². The normalized spacial score (nSPS) is 22.8. The highest BCUT2D eigenvalue weighted by atomic mass is 35.5. The zero-order valence-corrected chi connectivity index (χ0v) is 24.3. The lowest BCUT2D eigenvalue weighted by molar-refractivity contribution is -0.155. The van der Waals surface area contributed by atoms with Crippen molar-refractivity contribution >= 4 is 41.3 Å². The summed E-state index contributed by atoms with van der Waals surface area (Å²) < 4.78 is 39.2. The molecule has 1 fully saturated rings. The second-order valence-corrected chi connectivity index (χ2v) is 10.6. The molecule has 4 atom stereocenters. The minimum absolute atomic E-state index is 0.0174. The zero-order chi connectivity index (χ0) is 31.1. The zero-order valence-electron chi connectivity index (χ0n) is 23.5. The summed E-state index contributed by atoms with van der Waals surface area (Å²) in [5, 5.41) is 0. The van der Waals surface area contributed by atoms with Crippen LogP contribution in [0.25, 0.3) is 0 Å². The average molecular weight is 628 g/mol. The van der Waals surface area contributed by atoms with E-state index in [9.17, 15) is 24.0 Å². The summed E-state index contributed by atoms with van der Waals surface area (Å²) in [5.74, 6) is -4.14. The molecule has 0 bridgehead atoms. The largest absolute Gasteiger partial charge is 0.493 e. The van der Waals surface area contributed by atoms with Crippen LogP contribution in [-0.4, -0.2) is 74.7 Å². The van der Waals surface area contributed by atoms with Crippen molar-refractivity contribution < 1.29 is 57.1 Å². The van der Waals surface area contributed by atoms with Crippen molar-refractivity contribution in [3.05, 3.63) is 53.1 Å². The lowest BCUT2D eigenvalue weighted by atomic mass is 9.66. The molecular weight excluding hydrogens is 602 g/mol. The van der Waals surface area contributed by atoms with Crippen LogP contribution in [0, 0.1) is 11.8 Å². The number of fused-ring (bicyclic) bond motifs is 3. The topological polar surface area (TPSA) is 153 Å². The van der Waals surface area contributed by atoms with Crippen LogP contribution in [0.5, 0.6) is 28.7 Å². The molecule has 6 rings (SSSR count). The van der Waals surface area contributed by atoms with E-state index in [2.05, 4.69) is 0 Å². The van der Waals surface area contributed by atoms with Gasteiger partial charge in [0, 0.05) is 36.1 Å². The van der Waals surface area contributed by atoms with E-state index in [0.717, 1.165) is 17.1 Å². The molecule has 0 aromatic heterocycles.